The molecule has 6 nitrogen and oxygen atoms in total. The summed E-state index contributed by atoms with van der Waals surface area (Å²) in [7, 11) is 0. The lowest BCUT2D eigenvalue weighted by Gasteiger charge is -2.21. The molecule has 1 saturated heterocycles. The summed E-state index contributed by atoms with van der Waals surface area (Å²) >= 11 is 6.04. The highest BCUT2D eigenvalue weighted by molar-refractivity contribution is 6.30. The van der Waals surface area contributed by atoms with Gasteiger partial charge < -0.3 is 15.0 Å². The van der Waals surface area contributed by atoms with E-state index >= 15 is 0 Å². The zero-order valence-corrected chi connectivity index (χ0v) is 14.3. The standard InChI is InChI=1S/C15H23ClN4O2/c1-10-7-17-13(19-12(10)16)20-6-5-11(9-20)8-18-14(21)22-15(2,3)4/h7,11H,5-6,8-9H2,1-4H3,(H,18,21)/t11-/m0/s1. The highest BCUT2D eigenvalue weighted by atomic mass is 35.5. The molecule has 1 aromatic rings. The van der Waals surface area contributed by atoms with Crippen molar-refractivity contribution in [2.24, 2.45) is 5.92 Å². The second-order valence-corrected chi connectivity index (χ2v) is 6.99. The van der Waals surface area contributed by atoms with Gasteiger partial charge in [-0.2, -0.15) is 0 Å². The summed E-state index contributed by atoms with van der Waals surface area (Å²) in [4.78, 5) is 22.4. The van der Waals surface area contributed by atoms with Crippen molar-refractivity contribution in [3.63, 3.8) is 0 Å². The molecule has 7 heteroatoms. The van der Waals surface area contributed by atoms with E-state index in [2.05, 4.69) is 20.2 Å². The number of amides is 1. The summed E-state index contributed by atoms with van der Waals surface area (Å²) in [5.74, 6) is 1.01. The lowest BCUT2D eigenvalue weighted by atomic mass is 10.1. The number of alkyl carbamates (subject to hydrolysis) is 1. The third-order valence-corrected chi connectivity index (χ3v) is 3.78. The first-order chi connectivity index (χ1) is 10.2. The zero-order chi connectivity index (χ0) is 16.3. The van der Waals surface area contributed by atoms with Crippen LogP contribution in [-0.4, -0.2) is 41.3 Å². The Bertz CT molecular complexity index is 545. The van der Waals surface area contributed by atoms with E-state index in [9.17, 15) is 4.79 Å². The summed E-state index contributed by atoms with van der Waals surface area (Å²) in [6.45, 7) is 9.68. The van der Waals surface area contributed by atoms with E-state index in [0.29, 0.717) is 23.6 Å². The SMILES string of the molecule is Cc1cnc(N2CC[C@@H](CNC(=O)OC(C)(C)C)C2)nc1Cl. The van der Waals surface area contributed by atoms with E-state index in [1.807, 2.05) is 27.7 Å². The number of hydrogen-bond donors (Lipinski definition) is 1. The fraction of sp³-hybridized carbons (Fsp3) is 0.667. The van der Waals surface area contributed by atoms with Crippen molar-refractivity contribution in [2.45, 2.75) is 39.7 Å². The molecule has 0 unspecified atom stereocenters. The smallest absolute Gasteiger partial charge is 0.407 e. The molecule has 0 aliphatic carbocycles. The van der Waals surface area contributed by atoms with Crippen LogP contribution in [0.3, 0.4) is 0 Å². The first kappa shape index (κ1) is 16.8. The number of carbonyl (C=O) groups excluding carboxylic acids is 1. The van der Waals surface area contributed by atoms with Gasteiger partial charge in [-0.25, -0.2) is 14.8 Å². The monoisotopic (exact) mass is 326 g/mol. The normalized spacial score (nSPS) is 18.4. The van der Waals surface area contributed by atoms with E-state index in [-0.39, 0.29) is 6.09 Å². The number of aromatic nitrogens is 2. The van der Waals surface area contributed by atoms with Gasteiger partial charge in [0.05, 0.1) is 0 Å². The fourth-order valence-corrected chi connectivity index (χ4v) is 2.41. The van der Waals surface area contributed by atoms with Gasteiger partial charge in [0, 0.05) is 31.4 Å². The summed E-state index contributed by atoms with van der Waals surface area (Å²) in [6.07, 6.45) is 2.34. The van der Waals surface area contributed by atoms with Crippen LogP contribution in [0.2, 0.25) is 5.15 Å². The maximum atomic E-state index is 11.7. The number of carbonyl (C=O) groups is 1. The fourth-order valence-electron chi connectivity index (χ4n) is 2.29. The largest absolute Gasteiger partial charge is 0.444 e. The molecule has 1 aromatic heterocycles. The molecule has 22 heavy (non-hydrogen) atoms. The summed E-state index contributed by atoms with van der Waals surface area (Å²) in [5.41, 5.74) is 0.394. The highest BCUT2D eigenvalue weighted by Crippen LogP contribution is 2.22. The van der Waals surface area contributed by atoms with E-state index in [1.165, 1.54) is 0 Å². The topological polar surface area (TPSA) is 67.4 Å². The molecule has 0 spiro atoms. The molecule has 1 atom stereocenters. The predicted molar refractivity (Wildman–Crippen MR) is 86.3 cm³/mol. The predicted octanol–water partition coefficient (Wildman–Crippen LogP) is 2.79. The van der Waals surface area contributed by atoms with Gasteiger partial charge in [-0.05, 0) is 40.0 Å². The molecule has 2 heterocycles. The van der Waals surface area contributed by atoms with Gasteiger partial charge >= 0.3 is 6.09 Å². The van der Waals surface area contributed by atoms with Crippen molar-refractivity contribution in [1.29, 1.82) is 0 Å². The molecule has 0 bridgehead atoms. The quantitative estimate of drug-likeness (QED) is 0.865. The molecule has 122 valence electrons. The van der Waals surface area contributed by atoms with Gasteiger partial charge in [0.25, 0.3) is 0 Å². The number of nitrogens with one attached hydrogen (secondary N) is 1. The zero-order valence-electron chi connectivity index (χ0n) is 13.5. The maximum Gasteiger partial charge on any atom is 0.407 e. The molecular weight excluding hydrogens is 304 g/mol. The van der Waals surface area contributed by atoms with Gasteiger partial charge in [0.15, 0.2) is 0 Å². The molecule has 0 radical (unpaired) electrons. The minimum atomic E-state index is -0.474. The molecular formula is C15H23ClN4O2. The van der Waals surface area contributed by atoms with Crippen LogP contribution in [0, 0.1) is 12.8 Å². The van der Waals surface area contributed by atoms with Crippen LogP contribution in [0.1, 0.15) is 32.8 Å². The van der Waals surface area contributed by atoms with E-state index in [4.69, 9.17) is 16.3 Å². The molecule has 1 aliphatic heterocycles. The molecule has 0 aromatic carbocycles. The third-order valence-electron chi connectivity index (χ3n) is 3.40. The Morgan fingerprint density at radius 2 is 2.27 bits per heavy atom. The van der Waals surface area contributed by atoms with Crippen LogP contribution in [0.25, 0.3) is 0 Å². The summed E-state index contributed by atoms with van der Waals surface area (Å²) in [5, 5.41) is 3.31. The van der Waals surface area contributed by atoms with E-state index in [0.717, 1.165) is 25.1 Å². The summed E-state index contributed by atoms with van der Waals surface area (Å²) in [6, 6.07) is 0. The van der Waals surface area contributed by atoms with Gasteiger partial charge in [0.2, 0.25) is 5.95 Å². The Kier molecular flexibility index (Phi) is 5.11. The lowest BCUT2D eigenvalue weighted by Crippen LogP contribution is -2.36. The molecule has 1 N–H and O–H groups in total. The Hall–Kier alpha value is -1.56. The number of hydrogen-bond acceptors (Lipinski definition) is 5. The minimum absolute atomic E-state index is 0.358. The van der Waals surface area contributed by atoms with Crippen molar-refractivity contribution in [3.8, 4) is 0 Å². The highest BCUT2D eigenvalue weighted by Gasteiger charge is 2.26. The molecule has 0 saturated carbocycles. The number of ether oxygens (including phenoxy) is 1. The number of anilines is 1. The van der Waals surface area contributed by atoms with Crippen molar-refractivity contribution in [3.05, 3.63) is 16.9 Å². The second-order valence-electron chi connectivity index (χ2n) is 6.63. The van der Waals surface area contributed by atoms with Crippen molar-refractivity contribution < 1.29 is 9.53 Å². The van der Waals surface area contributed by atoms with Crippen LogP contribution in [0.15, 0.2) is 6.20 Å². The number of nitrogens with zero attached hydrogens (tertiary/aromatic N) is 3. The van der Waals surface area contributed by atoms with Crippen molar-refractivity contribution >= 4 is 23.6 Å². The Morgan fingerprint density at radius 3 is 2.91 bits per heavy atom. The first-order valence-corrected chi connectivity index (χ1v) is 7.83. The molecule has 1 aliphatic rings. The molecule has 2 rings (SSSR count). The first-order valence-electron chi connectivity index (χ1n) is 7.45. The number of rotatable bonds is 3. The lowest BCUT2D eigenvalue weighted by molar-refractivity contribution is 0.0520. The van der Waals surface area contributed by atoms with Gasteiger partial charge in [-0.1, -0.05) is 11.6 Å². The van der Waals surface area contributed by atoms with Crippen LogP contribution in [0.5, 0.6) is 0 Å². The average Bonchev–Trinajstić information content (AvgIpc) is 2.86. The van der Waals surface area contributed by atoms with Crippen molar-refractivity contribution in [2.75, 3.05) is 24.5 Å². The molecule has 1 fully saturated rings. The Labute approximate surface area is 136 Å². The Balaban J connectivity index is 1.83. The summed E-state index contributed by atoms with van der Waals surface area (Å²) < 4.78 is 5.23. The molecule has 1 amide bonds. The number of halogens is 1. The van der Waals surface area contributed by atoms with Crippen LogP contribution in [-0.2, 0) is 4.74 Å². The average molecular weight is 327 g/mol. The minimum Gasteiger partial charge on any atom is -0.444 e. The second kappa shape index (κ2) is 6.69. The number of aryl methyl sites for hydroxylation is 1. The van der Waals surface area contributed by atoms with E-state index < -0.39 is 5.60 Å². The van der Waals surface area contributed by atoms with E-state index in [1.54, 1.807) is 6.20 Å². The van der Waals surface area contributed by atoms with Gasteiger partial charge in [0.1, 0.15) is 10.8 Å². The maximum absolute atomic E-state index is 11.7. The van der Waals surface area contributed by atoms with Crippen molar-refractivity contribution in [1.82, 2.24) is 15.3 Å². The Morgan fingerprint density at radius 1 is 1.55 bits per heavy atom. The van der Waals surface area contributed by atoms with Gasteiger partial charge in [-0.15, -0.1) is 0 Å². The van der Waals surface area contributed by atoms with Crippen LogP contribution in [0.4, 0.5) is 10.7 Å². The van der Waals surface area contributed by atoms with Crippen LogP contribution < -0.4 is 10.2 Å². The van der Waals surface area contributed by atoms with Gasteiger partial charge in [-0.3, -0.25) is 0 Å². The third kappa shape index (κ3) is 4.73. The van der Waals surface area contributed by atoms with Crippen LogP contribution >= 0.6 is 11.6 Å².